The molecule has 1 heterocycles. The van der Waals surface area contributed by atoms with Crippen molar-refractivity contribution in [2.24, 2.45) is 0 Å². The SMILES string of the molecule is CN(C)C(=O)CN(C)C(=O)c1ccc2c(c1)C(=O)N(c1ccc(F)cc1)C2=O. The van der Waals surface area contributed by atoms with Gasteiger partial charge in [-0.3, -0.25) is 19.2 Å². The van der Waals surface area contributed by atoms with Crippen molar-refractivity contribution < 1.29 is 23.6 Å². The molecule has 0 radical (unpaired) electrons. The molecular weight excluding hydrogens is 365 g/mol. The predicted molar refractivity (Wildman–Crippen MR) is 99.6 cm³/mol. The number of rotatable bonds is 4. The molecule has 2 aromatic carbocycles. The second-order valence-corrected chi connectivity index (χ2v) is 6.63. The Balaban J connectivity index is 1.88. The van der Waals surface area contributed by atoms with Crippen molar-refractivity contribution in [2.45, 2.75) is 0 Å². The first-order chi connectivity index (χ1) is 13.2. The zero-order chi connectivity index (χ0) is 20.6. The number of anilines is 1. The third-order valence-corrected chi connectivity index (χ3v) is 4.44. The topological polar surface area (TPSA) is 78.0 Å². The number of likely N-dealkylation sites (N-methyl/N-ethyl adjacent to an activating group) is 2. The van der Waals surface area contributed by atoms with Crippen molar-refractivity contribution in [3.63, 3.8) is 0 Å². The van der Waals surface area contributed by atoms with Crippen LogP contribution >= 0.6 is 0 Å². The van der Waals surface area contributed by atoms with Gasteiger partial charge in [0.1, 0.15) is 5.82 Å². The van der Waals surface area contributed by atoms with Crippen LogP contribution in [0.2, 0.25) is 0 Å². The van der Waals surface area contributed by atoms with E-state index >= 15 is 0 Å². The summed E-state index contributed by atoms with van der Waals surface area (Å²) in [6.45, 7) is -0.114. The predicted octanol–water partition coefficient (Wildman–Crippen LogP) is 1.79. The second-order valence-electron chi connectivity index (χ2n) is 6.63. The third-order valence-electron chi connectivity index (χ3n) is 4.44. The lowest BCUT2D eigenvalue weighted by molar-refractivity contribution is -0.129. The molecule has 0 unspecified atom stereocenters. The van der Waals surface area contributed by atoms with Gasteiger partial charge >= 0.3 is 0 Å². The molecule has 4 amide bonds. The van der Waals surface area contributed by atoms with E-state index in [0.29, 0.717) is 0 Å². The van der Waals surface area contributed by atoms with Gasteiger partial charge in [-0.05, 0) is 42.5 Å². The van der Waals surface area contributed by atoms with Gasteiger partial charge < -0.3 is 9.80 Å². The highest BCUT2D eigenvalue weighted by Gasteiger charge is 2.37. The van der Waals surface area contributed by atoms with Crippen molar-refractivity contribution >= 4 is 29.3 Å². The summed E-state index contributed by atoms with van der Waals surface area (Å²) in [6.07, 6.45) is 0. The summed E-state index contributed by atoms with van der Waals surface area (Å²) in [4.78, 5) is 53.3. The number of hydrogen-bond acceptors (Lipinski definition) is 4. The van der Waals surface area contributed by atoms with Gasteiger partial charge in [0.25, 0.3) is 17.7 Å². The van der Waals surface area contributed by atoms with E-state index in [1.165, 1.54) is 47.2 Å². The maximum atomic E-state index is 13.1. The first-order valence-corrected chi connectivity index (χ1v) is 8.44. The minimum absolute atomic E-state index is 0.0903. The third kappa shape index (κ3) is 3.36. The molecule has 28 heavy (non-hydrogen) atoms. The Morgan fingerprint density at radius 3 is 2.14 bits per heavy atom. The smallest absolute Gasteiger partial charge is 0.266 e. The molecule has 2 aromatic rings. The maximum absolute atomic E-state index is 13.1. The zero-order valence-electron chi connectivity index (χ0n) is 15.6. The summed E-state index contributed by atoms with van der Waals surface area (Å²) in [6, 6.07) is 9.19. The summed E-state index contributed by atoms with van der Waals surface area (Å²) < 4.78 is 13.1. The molecule has 0 bridgehead atoms. The number of nitrogens with zero attached hydrogens (tertiary/aromatic N) is 3. The summed E-state index contributed by atoms with van der Waals surface area (Å²) >= 11 is 0. The van der Waals surface area contributed by atoms with Crippen LogP contribution in [0.5, 0.6) is 0 Å². The van der Waals surface area contributed by atoms with Crippen molar-refractivity contribution in [1.82, 2.24) is 9.80 Å². The molecule has 1 aliphatic heterocycles. The van der Waals surface area contributed by atoms with Gasteiger partial charge in [0.15, 0.2) is 0 Å². The number of halogens is 1. The van der Waals surface area contributed by atoms with Gasteiger partial charge in [-0.15, -0.1) is 0 Å². The van der Waals surface area contributed by atoms with Crippen LogP contribution in [0.1, 0.15) is 31.1 Å². The van der Waals surface area contributed by atoms with Gasteiger partial charge in [0.2, 0.25) is 5.91 Å². The minimum Gasteiger partial charge on any atom is -0.347 e. The van der Waals surface area contributed by atoms with Crippen molar-refractivity contribution in [3.05, 3.63) is 65.0 Å². The summed E-state index contributed by atoms with van der Waals surface area (Å²) in [5, 5.41) is 0. The van der Waals surface area contributed by atoms with Gasteiger partial charge in [0, 0.05) is 26.7 Å². The van der Waals surface area contributed by atoms with Crippen LogP contribution in [0.25, 0.3) is 0 Å². The molecule has 144 valence electrons. The van der Waals surface area contributed by atoms with Crippen LogP contribution in [0.15, 0.2) is 42.5 Å². The van der Waals surface area contributed by atoms with Crippen LogP contribution in [0, 0.1) is 5.82 Å². The molecule has 0 spiro atoms. The highest BCUT2D eigenvalue weighted by molar-refractivity contribution is 6.34. The molecule has 7 nitrogen and oxygen atoms in total. The summed E-state index contributed by atoms with van der Waals surface area (Å²) in [5.74, 6) is -2.30. The molecule has 0 N–H and O–H groups in total. The van der Waals surface area contributed by atoms with E-state index in [0.717, 1.165) is 17.0 Å². The van der Waals surface area contributed by atoms with Gasteiger partial charge in [-0.1, -0.05) is 0 Å². The van der Waals surface area contributed by atoms with Gasteiger partial charge in [-0.25, -0.2) is 9.29 Å². The Hall–Kier alpha value is -3.55. The van der Waals surface area contributed by atoms with Gasteiger partial charge in [0.05, 0.1) is 23.4 Å². The normalized spacial score (nSPS) is 12.8. The van der Waals surface area contributed by atoms with Crippen LogP contribution in [0.4, 0.5) is 10.1 Å². The fourth-order valence-corrected chi connectivity index (χ4v) is 2.84. The number of carbonyl (C=O) groups is 4. The van der Waals surface area contributed by atoms with Gasteiger partial charge in [-0.2, -0.15) is 0 Å². The van der Waals surface area contributed by atoms with E-state index in [1.54, 1.807) is 14.1 Å². The lowest BCUT2D eigenvalue weighted by Crippen LogP contribution is -2.37. The molecule has 8 heteroatoms. The quantitative estimate of drug-likeness (QED) is 0.754. The second kappa shape index (κ2) is 7.22. The van der Waals surface area contributed by atoms with E-state index in [-0.39, 0.29) is 34.8 Å². The van der Waals surface area contributed by atoms with E-state index in [2.05, 4.69) is 0 Å². The Bertz CT molecular complexity index is 985. The van der Waals surface area contributed by atoms with Crippen LogP contribution < -0.4 is 4.90 Å². The van der Waals surface area contributed by atoms with Crippen LogP contribution in [-0.2, 0) is 4.79 Å². The van der Waals surface area contributed by atoms with E-state index in [4.69, 9.17) is 0 Å². The molecule has 0 aliphatic carbocycles. The number of imide groups is 1. The van der Waals surface area contributed by atoms with Crippen molar-refractivity contribution in [3.8, 4) is 0 Å². The number of amides is 4. The standard InChI is InChI=1S/C20H18FN3O4/c1-22(2)17(25)11-23(3)18(26)12-4-9-15-16(10-12)20(28)24(19(15)27)14-7-5-13(21)6-8-14/h4-10H,11H2,1-3H3. The highest BCUT2D eigenvalue weighted by atomic mass is 19.1. The number of benzene rings is 2. The molecule has 0 fully saturated rings. The molecule has 0 aromatic heterocycles. The number of fused-ring (bicyclic) bond motifs is 1. The Kier molecular flexibility index (Phi) is 4.96. The average molecular weight is 383 g/mol. The minimum atomic E-state index is -0.590. The first kappa shape index (κ1) is 19.2. The van der Waals surface area contributed by atoms with Crippen LogP contribution in [0.3, 0.4) is 0 Å². The maximum Gasteiger partial charge on any atom is 0.266 e. The Morgan fingerprint density at radius 2 is 1.54 bits per heavy atom. The van der Waals surface area contributed by atoms with Crippen molar-refractivity contribution in [2.75, 3.05) is 32.6 Å². The number of hydrogen-bond donors (Lipinski definition) is 0. The molecular formula is C20H18FN3O4. The van der Waals surface area contributed by atoms with E-state index in [1.807, 2.05) is 0 Å². The Morgan fingerprint density at radius 1 is 0.929 bits per heavy atom. The Labute approximate surface area is 160 Å². The molecule has 0 saturated carbocycles. The molecule has 3 rings (SSSR count). The lowest BCUT2D eigenvalue weighted by Gasteiger charge is -2.19. The number of carbonyl (C=O) groups excluding carboxylic acids is 4. The average Bonchev–Trinajstić information content (AvgIpc) is 2.92. The summed E-state index contributed by atoms with van der Waals surface area (Å²) in [5.41, 5.74) is 0.689. The largest absolute Gasteiger partial charge is 0.347 e. The van der Waals surface area contributed by atoms with Crippen molar-refractivity contribution in [1.29, 1.82) is 0 Å². The van der Waals surface area contributed by atoms with E-state index in [9.17, 15) is 23.6 Å². The van der Waals surface area contributed by atoms with Crippen LogP contribution in [-0.4, -0.2) is 61.1 Å². The first-order valence-electron chi connectivity index (χ1n) is 8.44. The molecule has 0 atom stereocenters. The fourth-order valence-electron chi connectivity index (χ4n) is 2.84. The monoisotopic (exact) mass is 383 g/mol. The lowest BCUT2D eigenvalue weighted by atomic mass is 10.0. The molecule has 1 aliphatic rings. The zero-order valence-corrected chi connectivity index (χ0v) is 15.6. The fraction of sp³-hybridized carbons (Fsp3) is 0.200. The van der Waals surface area contributed by atoms with E-state index < -0.39 is 23.5 Å². The summed E-state index contributed by atoms with van der Waals surface area (Å²) in [7, 11) is 4.66. The highest BCUT2D eigenvalue weighted by Crippen LogP contribution is 2.29. The molecule has 0 saturated heterocycles.